The quantitative estimate of drug-likeness (QED) is 0.0734. The zero-order valence-electron chi connectivity index (χ0n) is 29.7. The number of fused-ring (bicyclic) bond motifs is 1. The highest BCUT2D eigenvalue weighted by Crippen LogP contribution is 2.67. The zero-order valence-corrected chi connectivity index (χ0v) is 29.7. The van der Waals surface area contributed by atoms with Crippen LogP contribution in [0.15, 0.2) is 58.9 Å². The summed E-state index contributed by atoms with van der Waals surface area (Å²) in [6.45, 7) is 18.1. The maximum atomic E-state index is 12.7. The van der Waals surface area contributed by atoms with Gasteiger partial charge in [0.2, 0.25) is 0 Å². The van der Waals surface area contributed by atoms with Gasteiger partial charge in [-0.05, 0) is 95.1 Å². The van der Waals surface area contributed by atoms with Crippen LogP contribution in [0.25, 0.3) is 0 Å². The first-order valence-corrected chi connectivity index (χ1v) is 17.2. The van der Waals surface area contributed by atoms with E-state index in [4.69, 9.17) is 14.2 Å². The Kier molecular flexibility index (Phi) is 10.7. The molecule has 0 amide bonds. The predicted molar refractivity (Wildman–Crippen MR) is 181 cm³/mol. The van der Waals surface area contributed by atoms with E-state index in [0.29, 0.717) is 32.1 Å². The summed E-state index contributed by atoms with van der Waals surface area (Å²) in [6.07, 6.45) is 19.3. The van der Waals surface area contributed by atoms with Gasteiger partial charge in [-0.15, -0.1) is 0 Å². The van der Waals surface area contributed by atoms with Gasteiger partial charge in [0.25, 0.3) is 0 Å². The number of ether oxygens (including phenoxy) is 3. The zero-order chi connectivity index (χ0) is 34.1. The SMILES string of the molecule is CC(=O)O[C@H]1CC(C)(C)C(=CC/C(C)=C/C=C/CC/C=C(\C)CC2=CC(CC[C@@]34O[C@]3(C)C[C@@H](O)CC4(C)C)C(=O)O2)[C@](C)(O)C1. The molecule has 0 aromatic carbocycles. The minimum absolute atomic E-state index is 0.138. The van der Waals surface area contributed by atoms with Crippen molar-refractivity contribution in [2.75, 3.05) is 0 Å². The number of allylic oxidation sites excluding steroid dienone is 7. The number of aliphatic hydroxyl groups is 2. The highest BCUT2D eigenvalue weighted by Gasteiger charge is 2.75. The molecule has 2 aliphatic carbocycles. The molecule has 2 N–H and O–H groups in total. The van der Waals surface area contributed by atoms with Crippen LogP contribution in [-0.2, 0) is 23.8 Å². The van der Waals surface area contributed by atoms with Gasteiger partial charge < -0.3 is 24.4 Å². The third-order valence-corrected chi connectivity index (χ3v) is 10.8. The topological polar surface area (TPSA) is 106 Å². The van der Waals surface area contributed by atoms with E-state index >= 15 is 0 Å². The maximum Gasteiger partial charge on any atom is 0.317 e. The third-order valence-electron chi connectivity index (χ3n) is 10.8. The fourth-order valence-corrected chi connectivity index (χ4v) is 8.82. The van der Waals surface area contributed by atoms with E-state index in [1.54, 1.807) is 0 Å². The smallest absolute Gasteiger partial charge is 0.317 e. The van der Waals surface area contributed by atoms with Crippen LogP contribution in [0.3, 0.4) is 0 Å². The monoisotopic (exact) mass is 638 g/mol. The van der Waals surface area contributed by atoms with Gasteiger partial charge in [0, 0.05) is 26.2 Å². The van der Waals surface area contributed by atoms with Crippen molar-refractivity contribution in [1.29, 1.82) is 0 Å². The molecule has 256 valence electrons. The van der Waals surface area contributed by atoms with Crippen LogP contribution in [0, 0.1) is 16.7 Å². The van der Waals surface area contributed by atoms with Crippen LogP contribution < -0.4 is 0 Å². The number of epoxide rings is 1. The van der Waals surface area contributed by atoms with Gasteiger partial charge >= 0.3 is 11.9 Å². The molecule has 2 heterocycles. The Morgan fingerprint density at radius 1 is 1.02 bits per heavy atom. The summed E-state index contributed by atoms with van der Waals surface area (Å²) in [7, 11) is 0. The average Bonchev–Trinajstić information content (AvgIpc) is 3.36. The molecule has 4 aliphatic rings. The van der Waals surface area contributed by atoms with Crippen molar-refractivity contribution < 1.29 is 34.0 Å². The van der Waals surface area contributed by atoms with Crippen LogP contribution in [0.1, 0.15) is 127 Å². The lowest BCUT2D eigenvalue weighted by molar-refractivity contribution is -0.152. The number of hydrogen-bond acceptors (Lipinski definition) is 7. The molecule has 1 unspecified atom stereocenters. The highest BCUT2D eigenvalue weighted by atomic mass is 16.6. The van der Waals surface area contributed by atoms with Crippen LogP contribution in [0.5, 0.6) is 0 Å². The number of hydrogen-bond donors (Lipinski definition) is 2. The van der Waals surface area contributed by atoms with Crippen LogP contribution in [0.4, 0.5) is 0 Å². The summed E-state index contributed by atoms with van der Waals surface area (Å²) >= 11 is 0. The lowest BCUT2D eigenvalue weighted by Gasteiger charge is -2.46. The molecule has 1 saturated heterocycles. The number of cyclic esters (lactones) is 1. The summed E-state index contributed by atoms with van der Waals surface area (Å²) in [5.41, 5.74) is 1.39. The summed E-state index contributed by atoms with van der Waals surface area (Å²) < 4.78 is 17.4. The highest BCUT2D eigenvalue weighted by molar-refractivity contribution is 5.78. The van der Waals surface area contributed by atoms with Gasteiger partial charge in [0.1, 0.15) is 17.5 Å². The first-order valence-electron chi connectivity index (χ1n) is 17.2. The Hall–Kier alpha value is -2.48. The first-order chi connectivity index (χ1) is 21.3. The number of aliphatic hydroxyl groups excluding tert-OH is 1. The molecule has 6 atom stereocenters. The Balaban J connectivity index is 1.21. The number of unbranched alkanes of at least 4 members (excludes halogenated alkanes) is 1. The fraction of sp³-hybridized carbons (Fsp3) is 0.692. The molecular weight excluding hydrogens is 580 g/mol. The predicted octanol–water partition coefficient (Wildman–Crippen LogP) is 7.97. The van der Waals surface area contributed by atoms with E-state index in [9.17, 15) is 19.8 Å². The molecule has 0 aromatic rings. The number of esters is 2. The van der Waals surface area contributed by atoms with Crippen LogP contribution in [0.2, 0.25) is 0 Å². The Labute approximate surface area is 276 Å². The van der Waals surface area contributed by atoms with E-state index in [-0.39, 0.29) is 52.1 Å². The molecule has 2 aliphatic heterocycles. The number of carbonyl (C=O) groups excluding carboxylic acids is 2. The molecule has 4 rings (SSSR count). The van der Waals surface area contributed by atoms with E-state index in [2.05, 4.69) is 78.8 Å². The largest absolute Gasteiger partial charge is 0.462 e. The second-order valence-electron chi connectivity index (χ2n) is 16.2. The van der Waals surface area contributed by atoms with Gasteiger partial charge in [-0.1, -0.05) is 69.2 Å². The van der Waals surface area contributed by atoms with E-state index in [1.807, 2.05) is 13.0 Å². The Morgan fingerprint density at radius 3 is 2.39 bits per heavy atom. The van der Waals surface area contributed by atoms with Gasteiger partial charge in [-0.2, -0.15) is 0 Å². The standard InChI is InChI=1S/C39H58O7/c1-26(16-17-33-35(4,5)24-32(44-28(3)40)25-37(33,8)43)14-12-10-11-13-15-27(2)20-31-21-29(34(42)45-31)18-19-39-36(6,7)22-30(41)23-38(39,9)46-39/h10,12,14-15,17,21,29-30,32,41,43H,11,13,16,18-20,22-25H2,1-9H3/b12-10+,26-14+,27-15+,33-17?/t29?,30-,32-,37+,38+,39-/m0/s1. The molecule has 0 radical (unpaired) electrons. The lowest BCUT2D eigenvalue weighted by atomic mass is 9.61. The molecule has 3 fully saturated rings. The fourth-order valence-electron chi connectivity index (χ4n) is 8.82. The molecule has 0 aromatic heterocycles. The summed E-state index contributed by atoms with van der Waals surface area (Å²) in [5.74, 6) is 0.0251. The Bertz CT molecular complexity index is 1310. The second-order valence-corrected chi connectivity index (χ2v) is 16.2. The summed E-state index contributed by atoms with van der Waals surface area (Å²) in [6, 6.07) is 0. The molecular formula is C39H58O7. The van der Waals surface area contributed by atoms with Crippen molar-refractivity contribution >= 4 is 11.9 Å². The summed E-state index contributed by atoms with van der Waals surface area (Å²) in [5, 5.41) is 21.5. The normalized spacial score (nSPS) is 36.4. The molecule has 2 saturated carbocycles. The molecule has 7 heteroatoms. The van der Waals surface area contributed by atoms with Crippen molar-refractivity contribution in [2.24, 2.45) is 16.7 Å². The molecule has 46 heavy (non-hydrogen) atoms. The average molecular weight is 639 g/mol. The van der Waals surface area contributed by atoms with Crippen molar-refractivity contribution in [2.45, 2.75) is 156 Å². The third kappa shape index (κ3) is 8.14. The number of rotatable bonds is 12. The van der Waals surface area contributed by atoms with Gasteiger partial charge in [-0.3, -0.25) is 9.59 Å². The van der Waals surface area contributed by atoms with Crippen LogP contribution >= 0.6 is 0 Å². The Morgan fingerprint density at radius 2 is 1.74 bits per heavy atom. The maximum absolute atomic E-state index is 12.7. The van der Waals surface area contributed by atoms with Crippen LogP contribution in [-0.4, -0.2) is 51.2 Å². The summed E-state index contributed by atoms with van der Waals surface area (Å²) in [4.78, 5) is 24.1. The molecule has 7 nitrogen and oxygen atoms in total. The van der Waals surface area contributed by atoms with E-state index < -0.39 is 5.60 Å². The minimum Gasteiger partial charge on any atom is -0.462 e. The van der Waals surface area contributed by atoms with Gasteiger partial charge in [-0.25, -0.2) is 0 Å². The van der Waals surface area contributed by atoms with Crippen molar-refractivity contribution in [1.82, 2.24) is 0 Å². The van der Waals surface area contributed by atoms with Crippen molar-refractivity contribution in [3.63, 3.8) is 0 Å². The van der Waals surface area contributed by atoms with Gasteiger partial charge in [0.05, 0.1) is 23.2 Å². The van der Waals surface area contributed by atoms with E-state index in [0.717, 1.165) is 43.4 Å². The van der Waals surface area contributed by atoms with Crippen molar-refractivity contribution in [3.05, 3.63) is 58.9 Å². The second kappa shape index (κ2) is 13.6. The molecule has 0 spiro atoms. The first kappa shape index (κ1) is 36.4. The van der Waals surface area contributed by atoms with Crippen molar-refractivity contribution in [3.8, 4) is 0 Å². The molecule has 0 bridgehead atoms. The van der Waals surface area contributed by atoms with Gasteiger partial charge in [0.15, 0.2) is 0 Å². The number of carbonyl (C=O) groups is 2. The van der Waals surface area contributed by atoms with E-state index in [1.165, 1.54) is 18.1 Å². The minimum atomic E-state index is -1.01. The lowest BCUT2D eigenvalue weighted by Crippen LogP contribution is -2.47.